The largest absolute Gasteiger partial charge is 0.386 e. The van der Waals surface area contributed by atoms with Gasteiger partial charge >= 0.3 is 0 Å². The fourth-order valence-corrected chi connectivity index (χ4v) is 0.389. The average molecular weight is 139 g/mol. The van der Waals surface area contributed by atoms with E-state index in [0.717, 1.165) is 5.57 Å². The van der Waals surface area contributed by atoms with Crippen molar-refractivity contribution in [2.24, 2.45) is 0 Å². The second kappa shape index (κ2) is 3.45. The third kappa shape index (κ3) is 5.42. The van der Waals surface area contributed by atoms with Crippen LogP contribution in [0.4, 0.5) is 0 Å². The Bertz CT molecular complexity index is 137. The van der Waals surface area contributed by atoms with Crippen LogP contribution in [0.3, 0.4) is 0 Å². The molecule has 0 aromatic heterocycles. The van der Waals surface area contributed by atoms with Gasteiger partial charge in [0.15, 0.2) is 0 Å². The van der Waals surface area contributed by atoms with E-state index >= 15 is 0 Å². The van der Waals surface area contributed by atoms with Crippen molar-refractivity contribution in [1.29, 1.82) is 0 Å². The predicted octanol–water partition coefficient (Wildman–Crippen LogP) is 2.46. The van der Waals surface area contributed by atoms with Crippen LogP contribution < -0.4 is 5.32 Å². The molecule has 0 spiro atoms. The SMILES string of the molecule is C=C/C(C)=C\NC(C)(C)C. The van der Waals surface area contributed by atoms with Crippen molar-refractivity contribution in [3.63, 3.8) is 0 Å². The van der Waals surface area contributed by atoms with Crippen molar-refractivity contribution in [2.75, 3.05) is 0 Å². The highest BCUT2D eigenvalue weighted by molar-refractivity contribution is 5.12. The molecule has 0 saturated heterocycles. The van der Waals surface area contributed by atoms with E-state index in [1.807, 2.05) is 19.2 Å². The Kier molecular flexibility index (Phi) is 3.20. The minimum Gasteiger partial charge on any atom is -0.386 e. The Balaban J connectivity index is 3.84. The molecule has 58 valence electrons. The van der Waals surface area contributed by atoms with E-state index in [9.17, 15) is 0 Å². The Morgan fingerprint density at radius 2 is 1.90 bits per heavy atom. The van der Waals surface area contributed by atoms with Crippen molar-refractivity contribution in [2.45, 2.75) is 33.2 Å². The number of rotatable bonds is 2. The summed E-state index contributed by atoms with van der Waals surface area (Å²) < 4.78 is 0. The van der Waals surface area contributed by atoms with Crippen LogP contribution in [0.5, 0.6) is 0 Å². The standard InChI is InChI=1S/C9H17N/c1-6-8(2)7-10-9(3,4)5/h6-7,10H,1H2,2-5H3/b8-7-. The molecule has 1 heteroatoms. The molecule has 1 N–H and O–H groups in total. The number of allylic oxidation sites excluding steroid dienone is 2. The van der Waals surface area contributed by atoms with Gasteiger partial charge in [0.1, 0.15) is 0 Å². The maximum Gasteiger partial charge on any atom is 0.0284 e. The van der Waals surface area contributed by atoms with E-state index < -0.39 is 0 Å². The van der Waals surface area contributed by atoms with E-state index in [1.54, 1.807) is 0 Å². The molecule has 0 radical (unpaired) electrons. The zero-order chi connectivity index (χ0) is 8.20. The number of nitrogens with one attached hydrogen (secondary N) is 1. The number of hydrogen-bond donors (Lipinski definition) is 1. The highest BCUT2D eigenvalue weighted by atomic mass is 14.9. The summed E-state index contributed by atoms with van der Waals surface area (Å²) in [6.45, 7) is 12.0. The molecule has 0 amide bonds. The van der Waals surface area contributed by atoms with Crippen molar-refractivity contribution < 1.29 is 0 Å². The fraction of sp³-hybridized carbons (Fsp3) is 0.556. The van der Waals surface area contributed by atoms with Crippen molar-refractivity contribution in [3.8, 4) is 0 Å². The lowest BCUT2D eigenvalue weighted by Gasteiger charge is -2.18. The normalized spacial score (nSPS) is 13.0. The van der Waals surface area contributed by atoms with E-state index in [4.69, 9.17) is 0 Å². The van der Waals surface area contributed by atoms with E-state index in [1.165, 1.54) is 0 Å². The molecule has 0 rings (SSSR count). The molecule has 0 unspecified atom stereocenters. The van der Waals surface area contributed by atoms with Gasteiger partial charge in [-0.25, -0.2) is 0 Å². The van der Waals surface area contributed by atoms with Crippen molar-refractivity contribution in [3.05, 3.63) is 24.4 Å². The van der Waals surface area contributed by atoms with Crippen LogP contribution >= 0.6 is 0 Å². The van der Waals surface area contributed by atoms with E-state index in [2.05, 4.69) is 32.7 Å². The highest BCUT2D eigenvalue weighted by Gasteiger charge is 2.04. The van der Waals surface area contributed by atoms with Gasteiger partial charge in [-0.3, -0.25) is 0 Å². The first-order chi connectivity index (χ1) is 4.45. The second-order valence-corrected chi connectivity index (χ2v) is 3.49. The minimum absolute atomic E-state index is 0.157. The first-order valence-corrected chi connectivity index (χ1v) is 3.52. The summed E-state index contributed by atoms with van der Waals surface area (Å²) >= 11 is 0. The van der Waals surface area contributed by atoms with Crippen LogP contribution in [0.25, 0.3) is 0 Å². The quantitative estimate of drug-likeness (QED) is 0.579. The van der Waals surface area contributed by atoms with Gasteiger partial charge in [0, 0.05) is 5.54 Å². The smallest absolute Gasteiger partial charge is 0.0284 e. The van der Waals surface area contributed by atoms with Gasteiger partial charge in [0.05, 0.1) is 0 Å². The third-order valence-electron chi connectivity index (χ3n) is 1.05. The first-order valence-electron chi connectivity index (χ1n) is 3.52. The maximum absolute atomic E-state index is 3.65. The van der Waals surface area contributed by atoms with Crippen LogP contribution in [0.1, 0.15) is 27.7 Å². The third-order valence-corrected chi connectivity index (χ3v) is 1.05. The molecule has 0 bridgehead atoms. The highest BCUT2D eigenvalue weighted by Crippen LogP contribution is 1.99. The summed E-state index contributed by atoms with van der Waals surface area (Å²) in [5.41, 5.74) is 1.32. The molecule has 1 nitrogen and oxygen atoms in total. The molecular formula is C9H17N. The molecule has 0 aliphatic carbocycles. The van der Waals surface area contributed by atoms with Gasteiger partial charge in [-0.15, -0.1) is 0 Å². The summed E-state index contributed by atoms with van der Waals surface area (Å²) in [7, 11) is 0. The van der Waals surface area contributed by atoms with E-state index in [0.29, 0.717) is 0 Å². The molecule has 0 aromatic carbocycles. The molecule has 10 heavy (non-hydrogen) atoms. The Morgan fingerprint density at radius 1 is 1.40 bits per heavy atom. The molecule has 0 fully saturated rings. The van der Waals surface area contributed by atoms with Gasteiger partial charge < -0.3 is 5.32 Å². The molecular weight excluding hydrogens is 122 g/mol. The lowest BCUT2D eigenvalue weighted by Crippen LogP contribution is -2.31. The summed E-state index contributed by atoms with van der Waals surface area (Å²) in [6.07, 6.45) is 3.81. The van der Waals surface area contributed by atoms with E-state index in [-0.39, 0.29) is 5.54 Å². The number of hydrogen-bond acceptors (Lipinski definition) is 1. The Hall–Kier alpha value is -0.720. The Morgan fingerprint density at radius 3 is 2.20 bits per heavy atom. The lowest BCUT2D eigenvalue weighted by atomic mass is 10.1. The van der Waals surface area contributed by atoms with Crippen LogP contribution in [0.15, 0.2) is 24.4 Å². The molecule has 0 aromatic rings. The molecule has 0 atom stereocenters. The van der Waals surface area contributed by atoms with Crippen molar-refractivity contribution >= 4 is 0 Å². The lowest BCUT2D eigenvalue weighted by molar-refractivity contribution is 0.490. The van der Waals surface area contributed by atoms with Gasteiger partial charge in [-0.2, -0.15) is 0 Å². The van der Waals surface area contributed by atoms with Crippen LogP contribution in [-0.4, -0.2) is 5.54 Å². The molecule has 0 aliphatic rings. The maximum atomic E-state index is 3.65. The van der Waals surface area contributed by atoms with Crippen LogP contribution in [0.2, 0.25) is 0 Å². The summed E-state index contributed by atoms with van der Waals surface area (Å²) in [4.78, 5) is 0. The zero-order valence-electron chi connectivity index (χ0n) is 7.36. The summed E-state index contributed by atoms with van der Waals surface area (Å²) in [6, 6.07) is 0. The molecule has 0 aliphatic heterocycles. The fourth-order valence-electron chi connectivity index (χ4n) is 0.389. The second-order valence-electron chi connectivity index (χ2n) is 3.49. The molecule has 0 heterocycles. The monoisotopic (exact) mass is 139 g/mol. The molecule has 0 saturated carbocycles. The Labute approximate surface area is 63.8 Å². The topological polar surface area (TPSA) is 12.0 Å². The predicted molar refractivity (Wildman–Crippen MR) is 46.8 cm³/mol. The van der Waals surface area contributed by atoms with Gasteiger partial charge in [-0.1, -0.05) is 12.7 Å². The van der Waals surface area contributed by atoms with Gasteiger partial charge in [0.25, 0.3) is 0 Å². The zero-order valence-corrected chi connectivity index (χ0v) is 7.36. The first kappa shape index (κ1) is 9.28. The minimum atomic E-state index is 0.157. The summed E-state index contributed by atoms with van der Waals surface area (Å²) in [5, 5.41) is 3.24. The van der Waals surface area contributed by atoms with Crippen LogP contribution in [0, 0.1) is 0 Å². The van der Waals surface area contributed by atoms with Gasteiger partial charge in [0.2, 0.25) is 0 Å². The van der Waals surface area contributed by atoms with Crippen LogP contribution in [-0.2, 0) is 0 Å². The van der Waals surface area contributed by atoms with Gasteiger partial charge in [-0.05, 0) is 39.5 Å². The van der Waals surface area contributed by atoms with Crippen molar-refractivity contribution in [1.82, 2.24) is 5.32 Å². The average Bonchev–Trinajstić information content (AvgIpc) is 1.81. The summed E-state index contributed by atoms with van der Waals surface area (Å²) in [5.74, 6) is 0.